The highest BCUT2D eigenvalue weighted by Crippen LogP contribution is 2.27. The molecule has 1 aromatic heterocycles. The second-order valence-corrected chi connectivity index (χ2v) is 3.94. The van der Waals surface area contributed by atoms with Crippen molar-refractivity contribution in [1.29, 1.82) is 0 Å². The number of fused-ring (bicyclic) bond motifs is 1. The molecule has 0 unspecified atom stereocenters. The molecule has 0 saturated carbocycles. The number of hydrogen-bond donors (Lipinski definition) is 2. The standard InChI is InChI=1S/C13H12N2O4/c16-7-9(8-17)6-12-10-2-1-3-13(15(18)19)11(10)4-5-14-12/h1-6,16-17H,7-8H2. The Morgan fingerprint density at radius 1 is 1.26 bits per heavy atom. The highest BCUT2D eigenvalue weighted by Gasteiger charge is 2.12. The summed E-state index contributed by atoms with van der Waals surface area (Å²) >= 11 is 0. The number of nitrogens with zero attached hydrogens (tertiary/aromatic N) is 2. The highest BCUT2D eigenvalue weighted by molar-refractivity contribution is 5.95. The average Bonchev–Trinajstić information content (AvgIpc) is 2.44. The summed E-state index contributed by atoms with van der Waals surface area (Å²) in [6.45, 7) is -0.576. The molecule has 0 aliphatic carbocycles. The van der Waals surface area contributed by atoms with Crippen LogP contribution in [0.2, 0.25) is 0 Å². The van der Waals surface area contributed by atoms with E-state index < -0.39 is 4.92 Å². The van der Waals surface area contributed by atoms with Crippen LogP contribution in [0.15, 0.2) is 36.0 Å². The number of pyridine rings is 1. The van der Waals surface area contributed by atoms with Crippen molar-refractivity contribution < 1.29 is 15.1 Å². The lowest BCUT2D eigenvalue weighted by molar-refractivity contribution is -0.383. The molecule has 0 bridgehead atoms. The maximum Gasteiger partial charge on any atom is 0.277 e. The Hall–Kier alpha value is -2.31. The van der Waals surface area contributed by atoms with Crippen LogP contribution < -0.4 is 0 Å². The van der Waals surface area contributed by atoms with E-state index in [9.17, 15) is 10.1 Å². The van der Waals surface area contributed by atoms with E-state index in [1.807, 2.05) is 0 Å². The van der Waals surface area contributed by atoms with Gasteiger partial charge in [0.1, 0.15) is 0 Å². The predicted molar refractivity (Wildman–Crippen MR) is 70.5 cm³/mol. The zero-order valence-electron chi connectivity index (χ0n) is 9.98. The summed E-state index contributed by atoms with van der Waals surface area (Å²) in [5.41, 5.74) is 0.884. The van der Waals surface area contributed by atoms with Crippen LogP contribution in [0.1, 0.15) is 5.69 Å². The van der Waals surface area contributed by atoms with Crippen LogP contribution in [0, 0.1) is 10.1 Å². The average molecular weight is 260 g/mol. The smallest absolute Gasteiger partial charge is 0.277 e. The van der Waals surface area contributed by atoms with Crippen LogP contribution in [0.3, 0.4) is 0 Å². The molecule has 2 aromatic rings. The molecular weight excluding hydrogens is 248 g/mol. The molecule has 98 valence electrons. The van der Waals surface area contributed by atoms with E-state index in [4.69, 9.17) is 10.2 Å². The largest absolute Gasteiger partial charge is 0.392 e. The fourth-order valence-corrected chi connectivity index (χ4v) is 1.82. The van der Waals surface area contributed by atoms with Crippen molar-refractivity contribution in [1.82, 2.24) is 4.98 Å². The summed E-state index contributed by atoms with van der Waals surface area (Å²) in [6, 6.07) is 6.29. The molecule has 0 atom stereocenters. The summed E-state index contributed by atoms with van der Waals surface area (Å²) in [5, 5.41) is 30.1. The zero-order chi connectivity index (χ0) is 13.8. The first-order chi connectivity index (χ1) is 9.17. The molecule has 1 aromatic carbocycles. The fraction of sp³-hybridized carbons (Fsp3) is 0.154. The van der Waals surface area contributed by atoms with Crippen molar-refractivity contribution in [3.63, 3.8) is 0 Å². The number of aliphatic hydroxyl groups excluding tert-OH is 2. The Morgan fingerprint density at radius 3 is 2.63 bits per heavy atom. The lowest BCUT2D eigenvalue weighted by atomic mass is 10.1. The van der Waals surface area contributed by atoms with Gasteiger partial charge in [0.25, 0.3) is 5.69 Å². The first kappa shape index (κ1) is 13.1. The Kier molecular flexibility index (Phi) is 3.84. The van der Waals surface area contributed by atoms with Gasteiger partial charge in [0, 0.05) is 17.6 Å². The van der Waals surface area contributed by atoms with Gasteiger partial charge in [0.05, 0.1) is 29.2 Å². The van der Waals surface area contributed by atoms with Crippen LogP contribution in [0.5, 0.6) is 0 Å². The molecule has 0 radical (unpaired) electrons. The normalized spacial score (nSPS) is 10.4. The lowest BCUT2D eigenvalue weighted by Crippen LogP contribution is -1.97. The van der Waals surface area contributed by atoms with Gasteiger partial charge >= 0.3 is 0 Å². The summed E-state index contributed by atoms with van der Waals surface area (Å²) in [5.74, 6) is 0. The van der Waals surface area contributed by atoms with Crippen LogP contribution in [-0.4, -0.2) is 33.3 Å². The quantitative estimate of drug-likeness (QED) is 0.641. The predicted octanol–water partition coefficient (Wildman–Crippen LogP) is 1.51. The Balaban J connectivity index is 2.68. The Bertz CT molecular complexity index is 646. The van der Waals surface area contributed by atoms with Crippen LogP contribution in [0.25, 0.3) is 16.8 Å². The van der Waals surface area contributed by atoms with E-state index in [1.54, 1.807) is 18.2 Å². The van der Waals surface area contributed by atoms with Crippen molar-refractivity contribution in [3.05, 3.63) is 51.8 Å². The molecule has 0 aliphatic rings. The molecule has 6 heteroatoms. The molecule has 0 saturated heterocycles. The van der Waals surface area contributed by atoms with Gasteiger partial charge in [0.2, 0.25) is 0 Å². The maximum atomic E-state index is 11.0. The number of nitro benzene ring substituents is 1. The van der Waals surface area contributed by atoms with Crippen molar-refractivity contribution in [2.45, 2.75) is 0 Å². The Morgan fingerprint density at radius 2 is 2.00 bits per heavy atom. The third-order valence-corrected chi connectivity index (χ3v) is 2.76. The summed E-state index contributed by atoms with van der Waals surface area (Å²) in [7, 11) is 0. The molecule has 0 fully saturated rings. The second-order valence-electron chi connectivity index (χ2n) is 3.94. The van der Waals surface area contributed by atoms with Gasteiger partial charge in [-0.15, -0.1) is 0 Å². The molecular formula is C13H12N2O4. The van der Waals surface area contributed by atoms with Gasteiger partial charge in [0.15, 0.2) is 0 Å². The number of hydrogen-bond acceptors (Lipinski definition) is 5. The molecule has 2 rings (SSSR count). The van der Waals surface area contributed by atoms with Crippen LogP contribution in [0.4, 0.5) is 5.69 Å². The van der Waals surface area contributed by atoms with Gasteiger partial charge in [-0.1, -0.05) is 12.1 Å². The number of benzene rings is 1. The van der Waals surface area contributed by atoms with Crippen molar-refractivity contribution >= 4 is 22.5 Å². The topological polar surface area (TPSA) is 96.5 Å². The summed E-state index contributed by atoms with van der Waals surface area (Å²) < 4.78 is 0. The Labute approximate surface area is 108 Å². The van der Waals surface area contributed by atoms with Crippen molar-refractivity contribution in [3.8, 4) is 0 Å². The molecule has 0 amide bonds. The van der Waals surface area contributed by atoms with Gasteiger partial charge in [-0.3, -0.25) is 15.1 Å². The minimum Gasteiger partial charge on any atom is -0.392 e. The zero-order valence-corrected chi connectivity index (χ0v) is 9.98. The number of nitro groups is 1. The van der Waals surface area contributed by atoms with Gasteiger partial charge in [-0.2, -0.15) is 0 Å². The fourth-order valence-electron chi connectivity index (χ4n) is 1.82. The monoisotopic (exact) mass is 260 g/mol. The molecule has 0 spiro atoms. The van der Waals surface area contributed by atoms with Gasteiger partial charge < -0.3 is 10.2 Å². The highest BCUT2D eigenvalue weighted by atomic mass is 16.6. The van der Waals surface area contributed by atoms with Crippen LogP contribution >= 0.6 is 0 Å². The first-order valence-corrected chi connectivity index (χ1v) is 5.60. The number of aromatic nitrogens is 1. The van der Waals surface area contributed by atoms with E-state index in [2.05, 4.69) is 4.98 Å². The summed E-state index contributed by atoms with van der Waals surface area (Å²) in [4.78, 5) is 14.6. The minimum absolute atomic E-state index is 0.00379. The van der Waals surface area contributed by atoms with E-state index in [1.165, 1.54) is 18.3 Å². The number of rotatable bonds is 4. The molecule has 19 heavy (non-hydrogen) atoms. The van der Waals surface area contributed by atoms with Crippen molar-refractivity contribution in [2.24, 2.45) is 0 Å². The minimum atomic E-state index is -0.450. The number of aliphatic hydroxyl groups is 2. The molecule has 1 heterocycles. The molecule has 0 aliphatic heterocycles. The van der Waals surface area contributed by atoms with E-state index >= 15 is 0 Å². The first-order valence-electron chi connectivity index (χ1n) is 5.60. The maximum absolute atomic E-state index is 11.0. The van der Waals surface area contributed by atoms with E-state index in [0.717, 1.165) is 0 Å². The number of non-ortho nitro benzene ring substituents is 1. The summed E-state index contributed by atoms with van der Waals surface area (Å²) in [6.07, 6.45) is 3.00. The third kappa shape index (κ3) is 2.59. The second kappa shape index (κ2) is 5.55. The van der Waals surface area contributed by atoms with Crippen LogP contribution in [-0.2, 0) is 0 Å². The van der Waals surface area contributed by atoms with Crippen molar-refractivity contribution in [2.75, 3.05) is 13.2 Å². The SMILES string of the molecule is O=[N+]([O-])c1cccc2c(C=C(CO)CO)nccc12. The van der Waals surface area contributed by atoms with E-state index in [0.29, 0.717) is 22.0 Å². The third-order valence-electron chi connectivity index (χ3n) is 2.76. The van der Waals surface area contributed by atoms with Gasteiger partial charge in [-0.05, 0) is 17.7 Å². The molecule has 2 N–H and O–H groups in total. The molecule has 6 nitrogen and oxygen atoms in total. The lowest BCUT2D eigenvalue weighted by Gasteiger charge is -2.04. The van der Waals surface area contributed by atoms with Gasteiger partial charge in [-0.25, -0.2) is 0 Å². The van der Waals surface area contributed by atoms with E-state index in [-0.39, 0.29) is 18.9 Å².